The molecule has 1 unspecified atom stereocenters. The zero-order valence-electron chi connectivity index (χ0n) is 14.1. The fourth-order valence-electron chi connectivity index (χ4n) is 2.17. The third-order valence-corrected chi connectivity index (χ3v) is 3.56. The quantitative estimate of drug-likeness (QED) is 0.832. The Balaban J connectivity index is 2.75. The lowest BCUT2D eigenvalue weighted by atomic mass is 10.0. The minimum absolute atomic E-state index is 0.453. The predicted molar refractivity (Wildman–Crippen MR) is 86.1 cm³/mol. The van der Waals surface area contributed by atoms with E-state index in [2.05, 4.69) is 68.8 Å². The number of aryl methyl sites for hydroxylation is 1. The first-order valence-corrected chi connectivity index (χ1v) is 7.60. The molecule has 4 heteroatoms. The van der Waals surface area contributed by atoms with E-state index in [4.69, 9.17) is 0 Å². The van der Waals surface area contributed by atoms with Crippen molar-refractivity contribution in [2.75, 3.05) is 11.9 Å². The number of rotatable bonds is 7. The van der Waals surface area contributed by atoms with E-state index in [-0.39, 0.29) is 0 Å². The molecular weight excluding hydrogens is 248 g/mol. The van der Waals surface area contributed by atoms with Crippen molar-refractivity contribution in [3.63, 3.8) is 0 Å². The summed E-state index contributed by atoms with van der Waals surface area (Å²) >= 11 is 0. The van der Waals surface area contributed by atoms with Crippen molar-refractivity contribution in [2.45, 2.75) is 66.6 Å². The van der Waals surface area contributed by atoms with Crippen LogP contribution in [0.3, 0.4) is 0 Å². The number of hydrogen-bond donors (Lipinski definition) is 1. The van der Waals surface area contributed by atoms with E-state index in [9.17, 15) is 0 Å². The molecule has 1 atom stereocenters. The average molecular weight is 278 g/mol. The van der Waals surface area contributed by atoms with Gasteiger partial charge in [0.05, 0.1) is 0 Å². The van der Waals surface area contributed by atoms with Gasteiger partial charge in [0.2, 0.25) is 5.95 Å². The summed E-state index contributed by atoms with van der Waals surface area (Å²) in [4.78, 5) is 11.3. The Morgan fingerprint density at radius 1 is 1.20 bits per heavy atom. The summed E-state index contributed by atoms with van der Waals surface area (Å²) in [6, 6.07) is 0.928. The molecule has 0 aliphatic carbocycles. The van der Waals surface area contributed by atoms with Crippen molar-refractivity contribution in [2.24, 2.45) is 5.92 Å². The molecule has 20 heavy (non-hydrogen) atoms. The summed E-state index contributed by atoms with van der Waals surface area (Å²) in [6.45, 7) is 13.9. The van der Waals surface area contributed by atoms with Crippen LogP contribution in [0.5, 0.6) is 0 Å². The van der Waals surface area contributed by atoms with E-state index in [1.807, 2.05) is 6.20 Å². The molecule has 1 heterocycles. The molecule has 1 rings (SSSR count). The average Bonchev–Trinajstić information content (AvgIpc) is 2.35. The molecule has 0 saturated heterocycles. The van der Waals surface area contributed by atoms with Crippen molar-refractivity contribution in [1.82, 2.24) is 15.3 Å². The minimum atomic E-state index is 0.453. The first kappa shape index (κ1) is 16.9. The van der Waals surface area contributed by atoms with E-state index in [1.54, 1.807) is 0 Å². The summed E-state index contributed by atoms with van der Waals surface area (Å²) in [7, 11) is 2.08. The van der Waals surface area contributed by atoms with Crippen LogP contribution in [-0.2, 0) is 6.54 Å². The molecule has 114 valence electrons. The van der Waals surface area contributed by atoms with Crippen LogP contribution in [0.4, 0.5) is 5.95 Å². The van der Waals surface area contributed by atoms with Gasteiger partial charge in [0, 0.05) is 43.1 Å². The molecule has 1 aromatic rings. The third kappa shape index (κ3) is 5.08. The smallest absolute Gasteiger partial charge is 0.225 e. The molecule has 0 amide bonds. The fraction of sp³-hybridized carbons (Fsp3) is 0.750. The Labute approximate surface area is 124 Å². The van der Waals surface area contributed by atoms with Crippen LogP contribution in [0.1, 0.15) is 52.3 Å². The van der Waals surface area contributed by atoms with Gasteiger partial charge in [-0.05, 0) is 26.2 Å². The van der Waals surface area contributed by atoms with E-state index < -0.39 is 0 Å². The lowest BCUT2D eigenvalue weighted by Crippen LogP contribution is -2.32. The van der Waals surface area contributed by atoms with Gasteiger partial charge in [0.15, 0.2) is 0 Å². The molecule has 0 aliphatic heterocycles. The Morgan fingerprint density at radius 3 is 2.35 bits per heavy atom. The van der Waals surface area contributed by atoms with Gasteiger partial charge in [-0.3, -0.25) is 0 Å². The highest BCUT2D eigenvalue weighted by molar-refractivity contribution is 5.33. The summed E-state index contributed by atoms with van der Waals surface area (Å²) < 4.78 is 0. The Bertz CT molecular complexity index is 415. The van der Waals surface area contributed by atoms with Crippen LogP contribution in [-0.4, -0.2) is 29.1 Å². The van der Waals surface area contributed by atoms with E-state index >= 15 is 0 Å². The van der Waals surface area contributed by atoms with Crippen molar-refractivity contribution < 1.29 is 0 Å². The molecule has 1 N–H and O–H groups in total. The zero-order valence-corrected chi connectivity index (χ0v) is 14.1. The minimum Gasteiger partial charge on any atom is -0.341 e. The van der Waals surface area contributed by atoms with Gasteiger partial charge in [-0.25, -0.2) is 9.97 Å². The van der Waals surface area contributed by atoms with Crippen molar-refractivity contribution in [3.05, 3.63) is 17.5 Å². The van der Waals surface area contributed by atoms with Crippen LogP contribution in [0, 0.1) is 12.8 Å². The largest absolute Gasteiger partial charge is 0.341 e. The topological polar surface area (TPSA) is 41.1 Å². The Kier molecular flexibility index (Phi) is 6.40. The first-order chi connectivity index (χ1) is 9.31. The molecule has 0 fully saturated rings. The number of aromatic nitrogens is 2. The van der Waals surface area contributed by atoms with Crippen LogP contribution in [0.2, 0.25) is 0 Å². The number of nitrogens with zero attached hydrogens (tertiary/aromatic N) is 3. The van der Waals surface area contributed by atoms with Gasteiger partial charge in [-0.1, -0.05) is 27.7 Å². The van der Waals surface area contributed by atoms with E-state index in [0.29, 0.717) is 18.0 Å². The highest BCUT2D eigenvalue weighted by Crippen LogP contribution is 2.16. The monoisotopic (exact) mass is 278 g/mol. The van der Waals surface area contributed by atoms with Gasteiger partial charge in [-0.2, -0.15) is 0 Å². The molecular formula is C16H30N4. The second kappa shape index (κ2) is 7.58. The predicted octanol–water partition coefficient (Wildman–Crippen LogP) is 3.15. The van der Waals surface area contributed by atoms with Crippen molar-refractivity contribution in [3.8, 4) is 0 Å². The highest BCUT2D eigenvalue weighted by Gasteiger charge is 2.15. The number of anilines is 1. The van der Waals surface area contributed by atoms with Crippen LogP contribution in [0.25, 0.3) is 0 Å². The van der Waals surface area contributed by atoms with Gasteiger partial charge < -0.3 is 10.2 Å². The summed E-state index contributed by atoms with van der Waals surface area (Å²) in [6.07, 6.45) is 3.10. The highest BCUT2D eigenvalue weighted by atomic mass is 15.2. The van der Waals surface area contributed by atoms with Crippen LogP contribution >= 0.6 is 0 Å². The summed E-state index contributed by atoms with van der Waals surface area (Å²) in [5.41, 5.74) is 2.24. The number of nitrogens with one attached hydrogen (secondary N) is 1. The Morgan fingerprint density at radius 2 is 1.85 bits per heavy atom. The van der Waals surface area contributed by atoms with Gasteiger partial charge in [-0.15, -0.1) is 0 Å². The second-order valence-electron chi connectivity index (χ2n) is 6.41. The molecule has 0 spiro atoms. The SMILES string of the molecule is Cc1nc(N(C)C(C)CC(C)C)ncc1CNC(C)C. The maximum Gasteiger partial charge on any atom is 0.225 e. The second-order valence-corrected chi connectivity index (χ2v) is 6.41. The molecule has 0 aromatic carbocycles. The molecule has 4 nitrogen and oxygen atoms in total. The molecule has 0 radical (unpaired) electrons. The molecule has 1 aromatic heterocycles. The van der Waals surface area contributed by atoms with E-state index in [0.717, 1.165) is 24.6 Å². The summed E-state index contributed by atoms with van der Waals surface area (Å²) in [5.74, 6) is 1.51. The normalized spacial score (nSPS) is 13.1. The van der Waals surface area contributed by atoms with Crippen molar-refractivity contribution >= 4 is 5.95 Å². The lowest BCUT2D eigenvalue weighted by Gasteiger charge is -2.26. The Hall–Kier alpha value is -1.16. The van der Waals surface area contributed by atoms with Gasteiger partial charge in [0.1, 0.15) is 0 Å². The van der Waals surface area contributed by atoms with Crippen LogP contribution < -0.4 is 10.2 Å². The molecule has 0 aliphatic rings. The molecule has 0 saturated carbocycles. The zero-order chi connectivity index (χ0) is 15.3. The van der Waals surface area contributed by atoms with Crippen LogP contribution in [0.15, 0.2) is 6.20 Å². The van der Waals surface area contributed by atoms with Crippen molar-refractivity contribution in [1.29, 1.82) is 0 Å². The fourth-order valence-corrected chi connectivity index (χ4v) is 2.17. The first-order valence-electron chi connectivity index (χ1n) is 7.60. The maximum absolute atomic E-state index is 4.65. The molecule has 0 bridgehead atoms. The van der Waals surface area contributed by atoms with Gasteiger partial charge in [0.25, 0.3) is 0 Å². The third-order valence-electron chi connectivity index (χ3n) is 3.56. The van der Waals surface area contributed by atoms with E-state index in [1.165, 1.54) is 5.56 Å². The lowest BCUT2D eigenvalue weighted by molar-refractivity contribution is 0.499. The standard InChI is InChI=1S/C16H30N4/c1-11(2)8-13(5)20(7)16-18-10-15(14(6)19-16)9-17-12(3)4/h10-13,17H,8-9H2,1-7H3. The maximum atomic E-state index is 4.65. The summed E-state index contributed by atoms with van der Waals surface area (Å²) in [5, 5.41) is 3.41. The number of hydrogen-bond acceptors (Lipinski definition) is 4. The van der Waals surface area contributed by atoms with Gasteiger partial charge >= 0.3 is 0 Å².